The van der Waals surface area contributed by atoms with Crippen LogP contribution in [0, 0.1) is 6.92 Å². The number of likely N-dealkylation sites (tertiary alicyclic amines) is 1. The molecule has 5 heteroatoms. The lowest BCUT2D eigenvalue weighted by atomic mass is 9.96. The van der Waals surface area contributed by atoms with Crippen molar-refractivity contribution in [3.8, 4) is 0 Å². The molecule has 3 heterocycles. The Balaban J connectivity index is 1.46. The number of nitrogens with zero attached hydrogens (tertiary/aromatic N) is 4. The molecule has 2 aromatic rings. The average molecular weight is 352 g/mol. The highest BCUT2D eigenvalue weighted by Gasteiger charge is 2.28. The molecule has 2 aliphatic heterocycles. The molecule has 0 radical (unpaired) electrons. The summed E-state index contributed by atoms with van der Waals surface area (Å²) in [7, 11) is 2.05. The third kappa shape index (κ3) is 3.35. The Morgan fingerprint density at radius 2 is 1.81 bits per heavy atom. The number of aromatic nitrogens is 2. The lowest BCUT2D eigenvalue weighted by Crippen LogP contribution is -2.39. The third-order valence-electron chi connectivity index (χ3n) is 5.69. The highest BCUT2D eigenvalue weighted by atomic mass is 16.2. The maximum atomic E-state index is 13.0. The highest BCUT2D eigenvalue weighted by Crippen LogP contribution is 2.27. The number of amides is 1. The van der Waals surface area contributed by atoms with Crippen molar-refractivity contribution in [1.29, 1.82) is 0 Å². The fraction of sp³-hybridized carbons (Fsp3) is 0.524. The monoisotopic (exact) mass is 352 g/mol. The van der Waals surface area contributed by atoms with Gasteiger partial charge >= 0.3 is 0 Å². The SMILES string of the molecule is Cc1cn(C)c([C@H]2CCCN(C(=O)c3ccc(N4CCCC4)cc3)C2)n1. The Kier molecular flexibility index (Phi) is 4.70. The van der Waals surface area contributed by atoms with Crippen LogP contribution < -0.4 is 4.90 Å². The van der Waals surface area contributed by atoms with Gasteiger partial charge in [-0.3, -0.25) is 4.79 Å². The summed E-state index contributed by atoms with van der Waals surface area (Å²) >= 11 is 0. The number of carbonyl (C=O) groups is 1. The van der Waals surface area contributed by atoms with Crippen LogP contribution in [0.15, 0.2) is 30.5 Å². The summed E-state index contributed by atoms with van der Waals surface area (Å²) < 4.78 is 2.11. The zero-order valence-corrected chi connectivity index (χ0v) is 15.8. The van der Waals surface area contributed by atoms with Crippen LogP contribution in [0.3, 0.4) is 0 Å². The molecular formula is C21H28N4O. The molecule has 0 bridgehead atoms. The maximum Gasteiger partial charge on any atom is 0.253 e. The second kappa shape index (κ2) is 7.14. The minimum absolute atomic E-state index is 0.147. The van der Waals surface area contributed by atoms with Crippen molar-refractivity contribution in [3.05, 3.63) is 47.5 Å². The fourth-order valence-electron chi connectivity index (χ4n) is 4.36. The van der Waals surface area contributed by atoms with Gasteiger partial charge in [-0.2, -0.15) is 0 Å². The Morgan fingerprint density at radius 3 is 2.46 bits per heavy atom. The van der Waals surface area contributed by atoms with Crippen LogP contribution in [0.5, 0.6) is 0 Å². The van der Waals surface area contributed by atoms with Crippen molar-refractivity contribution in [1.82, 2.24) is 14.5 Å². The van der Waals surface area contributed by atoms with E-state index in [4.69, 9.17) is 0 Å². The van der Waals surface area contributed by atoms with Crippen molar-refractivity contribution in [3.63, 3.8) is 0 Å². The number of aryl methyl sites for hydroxylation is 2. The second-order valence-electron chi connectivity index (χ2n) is 7.68. The third-order valence-corrected chi connectivity index (χ3v) is 5.69. The van der Waals surface area contributed by atoms with E-state index in [0.717, 1.165) is 56.1 Å². The molecule has 5 nitrogen and oxygen atoms in total. The molecule has 1 aromatic heterocycles. The van der Waals surface area contributed by atoms with Crippen LogP contribution in [0.25, 0.3) is 0 Å². The first kappa shape index (κ1) is 17.1. The van der Waals surface area contributed by atoms with E-state index in [1.54, 1.807) is 0 Å². The Morgan fingerprint density at radius 1 is 1.08 bits per heavy atom. The minimum Gasteiger partial charge on any atom is -0.372 e. The quantitative estimate of drug-likeness (QED) is 0.851. The first-order valence-electron chi connectivity index (χ1n) is 9.76. The summed E-state index contributed by atoms with van der Waals surface area (Å²) in [6.07, 6.45) is 6.73. The van der Waals surface area contributed by atoms with Gasteiger partial charge in [0, 0.05) is 56.6 Å². The summed E-state index contributed by atoms with van der Waals surface area (Å²) in [5.74, 6) is 1.58. The van der Waals surface area contributed by atoms with Crippen molar-refractivity contribution in [2.45, 2.75) is 38.5 Å². The van der Waals surface area contributed by atoms with Gasteiger partial charge in [-0.1, -0.05) is 0 Å². The number of anilines is 1. The summed E-state index contributed by atoms with van der Waals surface area (Å²) in [6, 6.07) is 8.18. The second-order valence-corrected chi connectivity index (χ2v) is 7.68. The summed E-state index contributed by atoms with van der Waals surface area (Å²) in [6.45, 7) is 5.88. The van der Waals surface area contributed by atoms with Crippen molar-refractivity contribution < 1.29 is 4.79 Å². The number of carbonyl (C=O) groups excluding carboxylic acids is 1. The van der Waals surface area contributed by atoms with Gasteiger partial charge < -0.3 is 14.4 Å². The lowest BCUT2D eigenvalue weighted by molar-refractivity contribution is 0.0703. The van der Waals surface area contributed by atoms with Crippen molar-refractivity contribution >= 4 is 11.6 Å². The molecule has 4 rings (SSSR count). The van der Waals surface area contributed by atoms with E-state index in [1.165, 1.54) is 18.5 Å². The van der Waals surface area contributed by atoms with E-state index < -0.39 is 0 Å². The smallest absolute Gasteiger partial charge is 0.253 e. The largest absolute Gasteiger partial charge is 0.372 e. The van der Waals surface area contributed by atoms with Crippen LogP contribution in [0.2, 0.25) is 0 Å². The zero-order valence-electron chi connectivity index (χ0n) is 15.8. The van der Waals surface area contributed by atoms with E-state index in [2.05, 4.69) is 32.8 Å². The van der Waals surface area contributed by atoms with Crippen LogP contribution in [0.1, 0.15) is 53.5 Å². The van der Waals surface area contributed by atoms with E-state index in [-0.39, 0.29) is 5.91 Å². The molecule has 0 spiro atoms. The Bertz CT molecular complexity index is 774. The van der Waals surface area contributed by atoms with Gasteiger partial charge in [0.1, 0.15) is 5.82 Å². The number of rotatable bonds is 3. The predicted molar refractivity (Wildman–Crippen MR) is 104 cm³/mol. The van der Waals surface area contributed by atoms with Gasteiger partial charge in [-0.15, -0.1) is 0 Å². The first-order chi connectivity index (χ1) is 12.6. The Labute approximate surface area is 155 Å². The van der Waals surface area contributed by atoms with E-state index in [1.807, 2.05) is 31.0 Å². The van der Waals surface area contributed by atoms with Gasteiger partial charge in [-0.25, -0.2) is 4.98 Å². The lowest BCUT2D eigenvalue weighted by Gasteiger charge is -2.32. The number of piperidine rings is 1. The minimum atomic E-state index is 0.147. The van der Waals surface area contributed by atoms with Gasteiger partial charge in [0.2, 0.25) is 0 Å². The molecule has 0 aliphatic carbocycles. The first-order valence-corrected chi connectivity index (χ1v) is 9.76. The van der Waals surface area contributed by atoms with Crippen LogP contribution in [-0.2, 0) is 7.05 Å². The molecule has 26 heavy (non-hydrogen) atoms. The Hall–Kier alpha value is -2.30. The molecule has 2 saturated heterocycles. The molecule has 2 fully saturated rings. The maximum absolute atomic E-state index is 13.0. The van der Waals surface area contributed by atoms with E-state index >= 15 is 0 Å². The highest BCUT2D eigenvalue weighted by molar-refractivity contribution is 5.94. The van der Waals surface area contributed by atoms with Gasteiger partial charge in [-0.05, 0) is 56.9 Å². The number of imidazole rings is 1. The summed E-state index contributed by atoms with van der Waals surface area (Å²) in [5.41, 5.74) is 3.08. The molecule has 0 unspecified atom stereocenters. The number of hydrogen-bond donors (Lipinski definition) is 0. The predicted octanol–water partition coefficient (Wildman–Crippen LogP) is 3.35. The molecule has 0 saturated carbocycles. The molecule has 2 aliphatic rings. The number of hydrogen-bond acceptors (Lipinski definition) is 3. The van der Waals surface area contributed by atoms with Crippen molar-refractivity contribution in [2.24, 2.45) is 7.05 Å². The molecule has 1 amide bonds. The number of benzene rings is 1. The normalized spacial score (nSPS) is 20.6. The van der Waals surface area contributed by atoms with E-state index in [0.29, 0.717) is 5.92 Å². The topological polar surface area (TPSA) is 41.4 Å². The van der Waals surface area contributed by atoms with Crippen LogP contribution in [-0.4, -0.2) is 46.5 Å². The zero-order chi connectivity index (χ0) is 18.1. The summed E-state index contributed by atoms with van der Waals surface area (Å²) in [4.78, 5) is 22.1. The van der Waals surface area contributed by atoms with Crippen LogP contribution >= 0.6 is 0 Å². The van der Waals surface area contributed by atoms with Crippen LogP contribution in [0.4, 0.5) is 5.69 Å². The fourth-order valence-corrected chi connectivity index (χ4v) is 4.36. The standard InChI is InChI=1S/C21H28N4O/c1-16-14-23(2)20(22-16)18-6-5-13-25(15-18)21(26)17-7-9-19(10-8-17)24-11-3-4-12-24/h7-10,14,18H,3-6,11-13,15H2,1-2H3/t18-/m0/s1. The van der Waals surface area contributed by atoms with Gasteiger partial charge in [0.25, 0.3) is 5.91 Å². The van der Waals surface area contributed by atoms with E-state index in [9.17, 15) is 4.79 Å². The summed E-state index contributed by atoms with van der Waals surface area (Å²) in [5, 5.41) is 0. The van der Waals surface area contributed by atoms with Gasteiger partial charge in [0.15, 0.2) is 0 Å². The molecule has 0 N–H and O–H groups in total. The van der Waals surface area contributed by atoms with Crippen molar-refractivity contribution in [2.75, 3.05) is 31.1 Å². The molecule has 1 aromatic carbocycles. The molecule has 138 valence electrons. The van der Waals surface area contributed by atoms with Gasteiger partial charge in [0.05, 0.1) is 5.69 Å². The molecular weight excluding hydrogens is 324 g/mol. The molecule has 1 atom stereocenters. The average Bonchev–Trinajstić information content (AvgIpc) is 3.31.